The lowest BCUT2D eigenvalue weighted by atomic mass is 10.1. The van der Waals surface area contributed by atoms with Crippen molar-refractivity contribution in [2.24, 2.45) is 0 Å². The molecule has 0 aliphatic heterocycles. The van der Waals surface area contributed by atoms with Gasteiger partial charge in [-0.25, -0.2) is 0 Å². The van der Waals surface area contributed by atoms with Crippen LogP contribution in [0, 0.1) is 13.8 Å². The molecule has 0 saturated carbocycles. The van der Waals surface area contributed by atoms with Crippen LogP contribution in [0.4, 0.5) is 5.69 Å². The van der Waals surface area contributed by atoms with E-state index in [1.54, 1.807) is 18.7 Å². The third-order valence-corrected chi connectivity index (χ3v) is 4.62. The second kappa shape index (κ2) is 8.55. The van der Waals surface area contributed by atoms with Gasteiger partial charge >= 0.3 is 0 Å². The highest BCUT2D eigenvalue weighted by Crippen LogP contribution is 2.29. The minimum atomic E-state index is -0.230. The zero-order valence-electron chi connectivity index (χ0n) is 14.2. The summed E-state index contributed by atoms with van der Waals surface area (Å²) in [7, 11) is 0. The predicted octanol–water partition coefficient (Wildman–Crippen LogP) is 3.92. The van der Waals surface area contributed by atoms with Crippen LogP contribution in [-0.4, -0.2) is 18.4 Å². The van der Waals surface area contributed by atoms with E-state index in [0.29, 0.717) is 6.42 Å². The average molecular weight is 342 g/mol. The summed E-state index contributed by atoms with van der Waals surface area (Å²) in [5.41, 5.74) is 3.28. The first-order valence-corrected chi connectivity index (χ1v) is 8.71. The van der Waals surface area contributed by atoms with E-state index in [-0.39, 0.29) is 18.4 Å². The maximum absolute atomic E-state index is 11.7. The fraction of sp³-hybridized carbons (Fsp3) is 0.263. The van der Waals surface area contributed by atoms with Crippen LogP contribution in [-0.2, 0) is 9.59 Å². The molecule has 2 aromatic carbocycles. The molecule has 0 atom stereocenters. The fourth-order valence-electron chi connectivity index (χ4n) is 2.03. The lowest BCUT2D eigenvalue weighted by Gasteiger charge is -2.08. The lowest BCUT2D eigenvalue weighted by Crippen LogP contribution is -2.32. The van der Waals surface area contributed by atoms with Crippen molar-refractivity contribution in [3.05, 3.63) is 53.6 Å². The average Bonchev–Trinajstić information content (AvgIpc) is 2.58. The molecule has 126 valence electrons. The minimum Gasteiger partial charge on any atom is -0.347 e. The Hall–Kier alpha value is -2.27. The smallest absolute Gasteiger partial charge is 0.243 e. The Bertz CT molecular complexity index is 727. The summed E-state index contributed by atoms with van der Waals surface area (Å²) in [4.78, 5) is 25.2. The first kappa shape index (κ1) is 18.1. The number of amides is 2. The standard InChI is InChI=1S/C19H22N2O2S/c1-4-18(22)20-12-19(23)21-15-6-9-16(10-7-15)24-17-8-5-13(2)14(3)11-17/h5-11H,4,12H2,1-3H3,(H,20,22)(H,21,23). The Labute approximate surface area is 147 Å². The van der Waals surface area contributed by atoms with Crippen molar-refractivity contribution < 1.29 is 9.59 Å². The molecule has 0 spiro atoms. The predicted molar refractivity (Wildman–Crippen MR) is 98.4 cm³/mol. The topological polar surface area (TPSA) is 58.2 Å². The van der Waals surface area contributed by atoms with E-state index in [1.807, 2.05) is 24.3 Å². The van der Waals surface area contributed by atoms with Crippen molar-refractivity contribution in [2.75, 3.05) is 11.9 Å². The van der Waals surface area contributed by atoms with Crippen LogP contribution in [0.3, 0.4) is 0 Å². The van der Waals surface area contributed by atoms with Crippen molar-refractivity contribution >= 4 is 29.3 Å². The Kier molecular flexibility index (Phi) is 6.44. The molecule has 2 amide bonds. The molecule has 4 nitrogen and oxygen atoms in total. The first-order valence-electron chi connectivity index (χ1n) is 7.89. The zero-order valence-corrected chi connectivity index (χ0v) is 15.0. The zero-order chi connectivity index (χ0) is 17.5. The second-order valence-electron chi connectivity index (χ2n) is 5.55. The number of nitrogens with one attached hydrogen (secondary N) is 2. The summed E-state index contributed by atoms with van der Waals surface area (Å²) in [6.45, 7) is 5.95. The molecule has 0 aromatic heterocycles. The summed E-state index contributed by atoms with van der Waals surface area (Å²) in [6.07, 6.45) is 0.373. The monoisotopic (exact) mass is 342 g/mol. The summed E-state index contributed by atoms with van der Waals surface area (Å²) in [5, 5.41) is 5.32. The van der Waals surface area contributed by atoms with Gasteiger partial charge < -0.3 is 10.6 Å². The third-order valence-electron chi connectivity index (χ3n) is 3.62. The number of hydrogen-bond acceptors (Lipinski definition) is 3. The highest BCUT2D eigenvalue weighted by atomic mass is 32.2. The maximum Gasteiger partial charge on any atom is 0.243 e. The fourth-order valence-corrected chi connectivity index (χ4v) is 2.94. The van der Waals surface area contributed by atoms with E-state index >= 15 is 0 Å². The molecule has 0 heterocycles. The normalized spacial score (nSPS) is 10.3. The van der Waals surface area contributed by atoms with Gasteiger partial charge in [0.25, 0.3) is 0 Å². The van der Waals surface area contributed by atoms with E-state index in [9.17, 15) is 9.59 Å². The largest absolute Gasteiger partial charge is 0.347 e. The molecule has 0 unspecified atom stereocenters. The highest BCUT2D eigenvalue weighted by Gasteiger charge is 2.05. The van der Waals surface area contributed by atoms with Crippen LogP contribution in [0.5, 0.6) is 0 Å². The van der Waals surface area contributed by atoms with Crippen LogP contribution in [0.25, 0.3) is 0 Å². The van der Waals surface area contributed by atoms with Crippen LogP contribution in [0.2, 0.25) is 0 Å². The summed E-state index contributed by atoms with van der Waals surface area (Å²) >= 11 is 1.69. The van der Waals surface area contributed by atoms with Gasteiger partial charge in [-0.3, -0.25) is 9.59 Å². The van der Waals surface area contributed by atoms with E-state index in [1.165, 1.54) is 16.0 Å². The number of anilines is 1. The van der Waals surface area contributed by atoms with Crippen molar-refractivity contribution in [2.45, 2.75) is 37.0 Å². The molecule has 2 aromatic rings. The summed E-state index contributed by atoms with van der Waals surface area (Å²) < 4.78 is 0. The van der Waals surface area contributed by atoms with Gasteiger partial charge in [0.1, 0.15) is 0 Å². The Balaban J connectivity index is 1.91. The molecule has 0 radical (unpaired) electrons. The molecule has 0 aliphatic rings. The molecule has 2 rings (SSSR count). The van der Waals surface area contributed by atoms with Gasteiger partial charge in [-0.05, 0) is 61.4 Å². The maximum atomic E-state index is 11.7. The minimum absolute atomic E-state index is 0.00812. The van der Waals surface area contributed by atoms with Crippen molar-refractivity contribution in [3.8, 4) is 0 Å². The Morgan fingerprint density at radius 3 is 2.21 bits per heavy atom. The molecule has 2 N–H and O–H groups in total. The quantitative estimate of drug-likeness (QED) is 0.836. The molecular weight excluding hydrogens is 320 g/mol. The number of carbonyl (C=O) groups excluding carboxylic acids is 2. The molecule has 24 heavy (non-hydrogen) atoms. The van der Waals surface area contributed by atoms with Gasteiger partial charge in [0.2, 0.25) is 11.8 Å². The Morgan fingerprint density at radius 2 is 1.58 bits per heavy atom. The van der Waals surface area contributed by atoms with Gasteiger partial charge in [0.05, 0.1) is 6.54 Å². The van der Waals surface area contributed by atoms with E-state index in [4.69, 9.17) is 0 Å². The molecule has 0 aliphatic carbocycles. The van der Waals surface area contributed by atoms with Crippen LogP contribution >= 0.6 is 11.8 Å². The van der Waals surface area contributed by atoms with Gasteiger partial charge in [-0.2, -0.15) is 0 Å². The third kappa shape index (κ3) is 5.42. The highest BCUT2D eigenvalue weighted by molar-refractivity contribution is 7.99. The van der Waals surface area contributed by atoms with Crippen LogP contribution < -0.4 is 10.6 Å². The lowest BCUT2D eigenvalue weighted by molar-refractivity contribution is -0.123. The molecule has 0 fully saturated rings. The van der Waals surface area contributed by atoms with Crippen LogP contribution in [0.1, 0.15) is 24.5 Å². The summed E-state index contributed by atoms with van der Waals surface area (Å²) in [6, 6.07) is 14.1. The van der Waals surface area contributed by atoms with Gasteiger partial charge in [-0.15, -0.1) is 0 Å². The van der Waals surface area contributed by atoms with Crippen LogP contribution in [0.15, 0.2) is 52.3 Å². The molecule has 5 heteroatoms. The number of benzene rings is 2. The number of rotatable bonds is 6. The van der Waals surface area contributed by atoms with Gasteiger partial charge in [-0.1, -0.05) is 24.8 Å². The van der Waals surface area contributed by atoms with Crippen molar-refractivity contribution in [1.29, 1.82) is 0 Å². The van der Waals surface area contributed by atoms with Crippen molar-refractivity contribution in [3.63, 3.8) is 0 Å². The number of aryl methyl sites for hydroxylation is 2. The second-order valence-corrected chi connectivity index (χ2v) is 6.70. The van der Waals surface area contributed by atoms with E-state index in [2.05, 4.69) is 42.7 Å². The first-order chi connectivity index (χ1) is 11.5. The van der Waals surface area contributed by atoms with E-state index < -0.39 is 0 Å². The number of carbonyl (C=O) groups is 2. The van der Waals surface area contributed by atoms with Gasteiger partial charge in [0.15, 0.2) is 0 Å². The molecule has 0 saturated heterocycles. The molecular formula is C19H22N2O2S. The molecule has 0 bridgehead atoms. The van der Waals surface area contributed by atoms with Crippen molar-refractivity contribution in [1.82, 2.24) is 5.32 Å². The van der Waals surface area contributed by atoms with E-state index in [0.717, 1.165) is 10.6 Å². The summed E-state index contributed by atoms with van der Waals surface area (Å²) in [5.74, 6) is -0.364. The SMILES string of the molecule is CCC(=O)NCC(=O)Nc1ccc(Sc2ccc(C)c(C)c2)cc1. The van der Waals surface area contributed by atoms with Gasteiger partial charge in [0, 0.05) is 21.9 Å². The Morgan fingerprint density at radius 1 is 0.917 bits per heavy atom. The number of hydrogen-bond donors (Lipinski definition) is 2.